The number of pyridine rings is 1. The summed E-state index contributed by atoms with van der Waals surface area (Å²) in [6.45, 7) is 0. The molecule has 0 bridgehead atoms. The molecule has 0 radical (unpaired) electrons. The number of aromatic nitrogens is 1. The van der Waals surface area contributed by atoms with Crippen LogP contribution in [0.15, 0.2) is 24.4 Å². The van der Waals surface area contributed by atoms with Crippen LogP contribution < -0.4 is 11.1 Å². The fourth-order valence-corrected chi connectivity index (χ4v) is 3.91. The van der Waals surface area contributed by atoms with Crippen molar-refractivity contribution >= 4 is 5.91 Å². The molecule has 102 valence electrons. The zero-order valence-corrected chi connectivity index (χ0v) is 11.1. The Kier molecular flexibility index (Phi) is 3.27. The van der Waals surface area contributed by atoms with Crippen molar-refractivity contribution in [3.05, 3.63) is 30.1 Å². The Morgan fingerprint density at radius 1 is 1.32 bits per heavy atom. The van der Waals surface area contributed by atoms with Crippen molar-refractivity contribution in [2.45, 2.75) is 50.6 Å². The lowest BCUT2D eigenvalue weighted by molar-refractivity contribution is 0.0884. The molecule has 1 amide bonds. The summed E-state index contributed by atoms with van der Waals surface area (Å²) in [5, 5.41) is 3.18. The highest BCUT2D eigenvalue weighted by molar-refractivity contribution is 5.92. The van der Waals surface area contributed by atoms with Crippen LogP contribution in [0.2, 0.25) is 0 Å². The fraction of sp³-hybridized carbons (Fsp3) is 0.600. The van der Waals surface area contributed by atoms with E-state index in [1.54, 1.807) is 12.3 Å². The molecular formula is C15H21N3O. The van der Waals surface area contributed by atoms with E-state index in [1.807, 2.05) is 12.1 Å². The van der Waals surface area contributed by atoms with Gasteiger partial charge in [-0.15, -0.1) is 0 Å². The van der Waals surface area contributed by atoms with E-state index in [1.165, 1.54) is 12.8 Å². The number of hydrogen-bond acceptors (Lipinski definition) is 3. The van der Waals surface area contributed by atoms with Crippen molar-refractivity contribution in [3.63, 3.8) is 0 Å². The van der Waals surface area contributed by atoms with E-state index in [0.717, 1.165) is 25.7 Å². The molecule has 3 rings (SSSR count). The topological polar surface area (TPSA) is 68.0 Å². The van der Waals surface area contributed by atoms with E-state index in [-0.39, 0.29) is 23.4 Å². The molecule has 3 N–H and O–H groups in total. The van der Waals surface area contributed by atoms with Gasteiger partial charge >= 0.3 is 0 Å². The number of nitrogens with two attached hydrogens (primary N) is 1. The summed E-state index contributed by atoms with van der Waals surface area (Å²) in [7, 11) is 0. The first-order valence-electron chi connectivity index (χ1n) is 7.20. The maximum absolute atomic E-state index is 12.2. The van der Waals surface area contributed by atoms with Crippen LogP contribution in [0.25, 0.3) is 0 Å². The van der Waals surface area contributed by atoms with Gasteiger partial charge in [-0.2, -0.15) is 0 Å². The molecular weight excluding hydrogens is 238 g/mol. The standard InChI is InChI=1S/C15H21N3O/c16-12-6-3-8-15(12)9-4-7-13(15)18-14(19)11-5-1-2-10-17-11/h1-2,5,10,12-13H,3-4,6-9,16H2,(H,18,19)/t12-,13?,15-/m1/s1. The SMILES string of the molecule is N[C@@H]1CCC[C@@]12CCCC2NC(=O)c1ccccn1. The van der Waals surface area contributed by atoms with E-state index in [4.69, 9.17) is 5.73 Å². The molecule has 0 aromatic carbocycles. The molecule has 0 aliphatic heterocycles. The highest BCUT2D eigenvalue weighted by atomic mass is 16.1. The van der Waals surface area contributed by atoms with Crippen LogP contribution in [-0.2, 0) is 0 Å². The molecule has 1 heterocycles. The predicted molar refractivity (Wildman–Crippen MR) is 73.6 cm³/mol. The number of carbonyl (C=O) groups excluding carboxylic acids is 1. The Morgan fingerprint density at radius 3 is 2.74 bits per heavy atom. The summed E-state index contributed by atoms with van der Waals surface area (Å²) in [6.07, 6.45) is 8.46. The van der Waals surface area contributed by atoms with E-state index in [9.17, 15) is 4.79 Å². The zero-order chi connectivity index (χ0) is 13.3. The quantitative estimate of drug-likeness (QED) is 0.852. The number of nitrogens with one attached hydrogen (secondary N) is 1. The van der Waals surface area contributed by atoms with Gasteiger partial charge in [0.05, 0.1) is 0 Å². The lowest BCUT2D eigenvalue weighted by Gasteiger charge is -2.35. The van der Waals surface area contributed by atoms with Crippen LogP contribution >= 0.6 is 0 Å². The molecule has 0 saturated heterocycles. The van der Waals surface area contributed by atoms with Gasteiger partial charge in [0.15, 0.2) is 0 Å². The average molecular weight is 259 g/mol. The molecule has 1 spiro atoms. The molecule has 2 saturated carbocycles. The van der Waals surface area contributed by atoms with E-state index >= 15 is 0 Å². The third kappa shape index (κ3) is 2.14. The Labute approximate surface area is 113 Å². The van der Waals surface area contributed by atoms with Crippen molar-refractivity contribution < 1.29 is 4.79 Å². The molecule has 1 unspecified atom stereocenters. The Balaban J connectivity index is 1.74. The largest absolute Gasteiger partial charge is 0.347 e. The van der Waals surface area contributed by atoms with Gasteiger partial charge in [0.1, 0.15) is 5.69 Å². The second-order valence-electron chi connectivity index (χ2n) is 5.87. The summed E-state index contributed by atoms with van der Waals surface area (Å²) < 4.78 is 0. The molecule has 2 aliphatic carbocycles. The summed E-state index contributed by atoms with van der Waals surface area (Å²) in [4.78, 5) is 16.3. The van der Waals surface area contributed by atoms with Gasteiger partial charge in [0.2, 0.25) is 0 Å². The minimum absolute atomic E-state index is 0.0639. The van der Waals surface area contributed by atoms with E-state index in [2.05, 4.69) is 10.3 Å². The van der Waals surface area contributed by atoms with Crippen LogP contribution in [0.3, 0.4) is 0 Å². The third-order valence-corrected chi connectivity index (χ3v) is 4.93. The molecule has 2 fully saturated rings. The number of nitrogens with zero attached hydrogens (tertiary/aromatic N) is 1. The van der Waals surface area contributed by atoms with Gasteiger partial charge in [-0.05, 0) is 37.8 Å². The van der Waals surface area contributed by atoms with E-state index < -0.39 is 0 Å². The van der Waals surface area contributed by atoms with Crippen LogP contribution in [0.1, 0.15) is 49.0 Å². The molecule has 3 atom stereocenters. The number of hydrogen-bond donors (Lipinski definition) is 2. The predicted octanol–water partition coefficient (Wildman–Crippen LogP) is 1.86. The lowest BCUT2D eigenvalue weighted by Crippen LogP contribution is -2.51. The van der Waals surface area contributed by atoms with Crippen LogP contribution in [-0.4, -0.2) is 23.0 Å². The second-order valence-corrected chi connectivity index (χ2v) is 5.87. The maximum atomic E-state index is 12.2. The van der Waals surface area contributed by atoms with Crippen molar-refractivity contribution in [1.29, 1.82) is 0 Å². The maximum Gasteiger partial charge on any atom is 0.270 e. The zero-order valence-electron chi connectivity index (χ0n) is 11.1. The summed E-state index contributed by atoms with van der Waals surface area (Å²) >= 11 is 0. The monoisotopic (exact) mass is 259 g/mol. The smallest absolute Gasteiger partial charge is 0.270 e. The van der Waals surface area contributed by atoms with Crippen molar-refractivity contribution in [2.24, 2.45) is 11.1 Å². The Hall–Kier alpha value is -1.42. The number of amides is 1. The molecule has 4 heteroatoms. The molecule has 19 heavy (non-hydrogen) atoms. The molecule has 1 aromatic heterocycles. The number of rotatable bonds is 2. The minimum Gasteiger partial charge on any atom is -0.347 e. The first-order valence-corrected chi connectivity index (χ1v) is 7.20. The van der Waals surface area contributed by atoms with Crippen molar-refractivity contribution in [2.75, 3.05) is 0 Å². The van der Waals surface area contributed by atoms with Crippen molar-refractivity contribution in [3.8, 4) is 0 Å². The van der Waals surface area contributed by atoms with Gasteiger partial charge in [0, 0.05) is 23.7 Å². The number of carbonyl (C=O) groups is 1. The van der Waals surface area contributed by atoms with Crippen LogP contribution in [0, 0.1) is 5.41 Å². The van der Waals surface area contributed by atoms with Gasteiger partial charge in [-0.25, -0.2) is 0 Å². The fourth-order valence-electron chi connectivity index (χ4n) is 3.91. The summed E-state index contributed by atoms with van der Waals surface area (Å²) in [5.74, 6) is -0.0639. The van der Waals surface area contributed by atoms with Gasteiger partial charge in [0.25, 0.3) is 5.91 Å². The van der Waals surface area contributed by atoms with Crippen molar-refractivity contribution in [1.82, 2.24) is 10.3 Å². The van der Waals surface area contributed by atoms with Gasteiger partial charge < -0.3 is 11.1 Å². The Bertz CT molecular complexity index is 458. The first kappa shape index (κ1) is 12.6. The highest BCUT2D eigenvalue weighted by Crippen LogP contribution is 2.49. The normalized spacial score (nSPS) is 33.7. The van der Waals surface area contributed by atoms with E-state index in [0.29, 0.717) is 5.69 Å². The first-order chi connectivity index (χ1) is 9.22. The third-order valence-electron chi connectivity index (χ3n) is 4.93. The Morgan fingerprint density at radius 2 is 2.11 bits per heavy atom. The van der Waals surface area contributed by atoms with Crippen LogP contribution in [0.4, 0.5) is 0 Å². The van der Waals surface area contributed by atoms with Gasteiger partial charge in [-0.3, -0.25) is 9.78 Å². The average Bonchev–Trinajstić information content (AvgIpc) is 3.00. The van der Waals surface area contributed by atoms with Crippen LogP contribution in [0.5, 0.6) is 0 Å². The van der Waals surface area contributed by atoms with Gasteiger partial charge in [-0.1, -0.05) is 18.9 Å². The molecule has 2 aliphatic rings. The molecule has 1 aromatic rings. The summed E-state index contributed by atoms with van der Waals surface area (Å²) in [5.41, 5.74) is 6.95. The molecule has 4 nitrogen and oxygen atoms in total. The summed E-state index contributed by atoms with van der Waals surface area (Å²) in [6, 6.07) is 5.88. The minimum atomic E-state index is -0.0639. The lowest BCUT2D eigenvalue weighted by atomic mass is 9.77. The second kappa shape index (κ2) is 4.93. The highest BCUT2D eigenvalue weighted by Gasteiger charge is 2.50.